The fourth-order valence-electron chi connectivity index (χ4n) is 3.00. The van der Waals surface area contributed by atoms with Gasteiger partial charge in [0, 0.05) is 0 Å². The van der Waals surface area contributed by atoms with Crippen molar-refractivity contribution in [3.8, 4) is 5.75 Å². The maximum atomic E-state index is 11.4. The number of rotatable bonds is 7. The Bertz CT molecular complexity index is 1130. The van der Waals surface area contributed by atoms with Crippen molar-refractivity contribution in [3.63, 3.8) is 0 Å². The van der Waals surface area contributed by atoms with Crippen molar-refractivity contribution >= 4 is 39.2 Å². The van der Waals surface area contributed by atoms with Crippen LogP contribution < -0.4 is 4.74 Å². The van der Waals surface area contributed by atoms with Crippen molar-refractivity contribution in [2.45, 2.75) is 13.0 Å². The predicted molar refractivity (Wildman–Crippen MR) is 117 cm³/mol. The van der Waals surface area contributed by atoms with Crippen molar-refractivity contribution in [1.29, 1.82) is 0 Å². The standard InChI is InChI=1S/C24H19NO3S/c26-23(27)15-19(24-25-21-11-4-5-12-22(21)29-24)13-18-9-6-10-20(14-18)28-16-17-7-2-1-3-8-17/h1-14H,15-16H2,(H,26,27). The molecule has 0 aliphatic heterocycles. The van der Waals surface area contributed by atoms with E-state index in [4.69, 9.17) is 4.74 Å². The molecule has 0 aliphatic rings. The van der Waals surface area contributed by atoms with Crippen LogP contribution in [0.25, 0.3) is 21.9 Å². The van der Waals surface area contributed by atoms with Crippen molar-refractivity contribution in [2.24, 2.45) is 0 Å². The molecule has 5 heteroatoms. The molecule has 4 nitrogen and oxygen atoms in total. The van der Waals surface area contributed by atoms with Gasteiger partial charge in [-0.05, 0) is 47.0 Å². The quantitative estimate of drug-likeness (QED) is 0.419. The molecule has 29 heavy (non-hydrogen) atoms. The van der Waals surface area contributed by atoms with Crippen LogP contribution in [0.4, 0.5) is 0 Å². The number of carboxylic acids is 1. The topological polar surface area (TPSA) is 59.4 Å². The Morgan fingerprint density at radius 2 is 1.79 bits per heavy atom. The van der Waals surface area contributed by atoms with E-state index in [9.17, 15) is 9.90 Å². The zero-order valence-corrected chi connectivity index (χ0v) is 16.4. The lowest BCUT2D eigenvalue weighted by molar-refractivity contribution is -0.135. The normalized spacial score (nSPS) is 11.5. The molecule has 0 fully saturated rings. The fraction of sp³-hybridized carbons (Fsp3) is 0.0833. The van der Waals surface area contributed by atoms with Gasteiger partial charge in [-0.15, -0.1) is 11.3 Å². The summed E-state index contributed by atoms with van der Waals surface area (Å²) in [6.45, 7) is 0.480. The third-order valence-electron chi connectivity index (χ3n) is 4.36. The number of nitrogens with zero attached hydrogens (tertiary/aromatic N) is 1. The van der Waals surface area contributed by atoms with Gasteiger partial charge in [-0.1, -0.05) is 54.6 Å². The largest absolute Gasteiger partial charge is 0.489 e. The number of hydrogen-bond acceptors (Lipinski definition) is 4. The van der Waals surface area contributed by atoms with Crippen molar-refractivity contribution in [2.75, 3.05) is 0 Å². The van der Waals surface area contributed by atoms with Crippen LogP contribution in [0.2, 0.25) is 0 Å². The number of fused-ring (bicyclic) bond motifs is 1. The number of benzene rings is 3. The monoisotopic (exact) mass is 401 g/mol. The number of aliphatic carboxylic acids is 1. The summed E-state index contributed by atoms with van der Waals surface area (Å²) < 4.78 is 6.93. The Balaban J connectivity index is 1.61. The molecular weight excluding hydrogens is 382 g/mol. The molecule has 1 heterocycles. The Morgan fingerprint density at radius 1 is 1.00 bits per heavy atom. The molecule has 0 unspecified atom stereocenters. The third kappa shape index (κ3) is 4.89. The molecule has 0 aliphatic carbocycles. The van der Waals surface area contributed by atoms with Gasteiger partial charge >= 0.3 is 5.97 Å². The number of para-hydroxylation sites is 1. The smallest absolute Gasteiger partial charge is 0.307 e. The van der Waals surface area contributed by atoms with E-state index in [0.29, 0.717) is 12.2 Å². The van der Waals surface area contributed by atoms with E-state index in [1.807, 2.05) is 84.9 Å². The molecule has 3 aromatic carbocycles. The van der Waals surface area contributed by atoms with Gasteiger partial charge in [0.05, 0.1) is 16.6 Å². The molecule has 0 spiro atoms. The van der Waals surface area contributed by atoms with Gasteiger partial charge in [0.2, 0.25) is 0 Å². The lowest BCUT2D eigenvalue weighted by atomic mass is 10.1. The summed E-state index contributed by atoms with van der Waals surface area (Å²) in [5.41, 5.74) is 3.53. The highest BCUT2D eigenvalue weighted by Gasteiger charge is 2.13. The molecule has 1 aromatic heterocycles. The number of carboxylic acid groups (broad SMARTS) is 1. The van der Waals surface area contributed by atoms with Crippen LogP contribution in [-0.2, 0) is 11.4 Å². The first-order valence-corrected chi connectivity index (χ1v) is 10.0. The summed E-state index contributed by atoms with van der Waals surface area (Å²) >= 11 is 1.50. The summed E-state index contributed by atoms with van der Waals surface area (Å²) in [5, 5.41) is 10.1. The summed E-state index contributed by atoms with van der Waals surface area (Å²) in [7, 11) is 0. The average molecular weight is 401 g/mol. The van der Waals surface area contributed by atoms with E-state index in [-0.39, 0.29) is 6.42 Å². The Morgan fingerprint density at radius 3 is 2.59 bits per heavy atom. The molecule has 4 aromatic rings. The van der Waals surface area contributed by atoms with Crippen LogP contribution in [0.5, 0.6) is 5.75 Å². The first-order chi connectivity index (χ1) is 14.2. The van der Waals surface area contributed by atoms with Crippen LogP contribution in [-0.4, -0.2) is 16.1 Å². The zero-order chi connectivity index (χ0) is 20.1. The second kappa shape index (κ2) is 8.71. The van der Waals surface area contributed by atoms with Gasteiger partial charge in [-0.2, -0.15) is 0 Å². The van der Waals surface area contributed by atoms with E-state index in [1.54, 1.807) is 0 Å². The molecule has 0 bridgehead atoms. The molecular formula is C24H19NO3S. The van der Waals surface area contributed by atoms with Crippen molar-refractivity contribution in [3.05, 3.63) is 95.0 Å². The molecule has 0 saturated heterocycles. The minimum Gasteiger partial charge on any atom is -0.489 e. The molecule has 0 atom stereocenters. The van der Waals surface area contributed by atoms with Gasteiger partial charge in [-0.3, -0.25) is 4.79 Å². The average Bonchev–Trinajstić information content (AvgIpc) is 3.17. The summed E-state index contributed by atoms with van der Waals surface area (Å²) in [6.07, 6.45) is 1.79. The summed E-state index contributed by atoms with van der Waals surface area (Å²) in [4.78, 5) is 16.0. The van der Waals surface area contributed by atoms with Gasteiger partial charge in [0.15, 0.2) is 0 Å². The lowest BCUT2D eigenvalue weighted by Gasteiger charge is -2.08. The van der Waals surface area contributed by atoms with Crippen LogP contribution in [0.1, 0.15) is 22.6 Å². The van der Waals surface area contributed by atoms with Gasteiger partial charge in [-0.25, -0.2) is 4.98 Å². The first kappa shape index (κ1) is 18.9. The highest BCUT2D eigenvalue weighted by molar-refractivity contribution is 7.19. The second-order valence-electron chi connectivity index (χ2n) is 6.57. The van der Waals surface area contributed by atoms with Crippen LogP contribution in [0.15, 0.2) is 78.9 Å². The molecule has 4 rings (SSSR count). The number of carbonyl (C=O) groups is 1. The number of ether oxygens (including phenoxy) is 1. The zero-order valence-electron chi connectivity index (χ0n) is 15.6. The maximum absolute atomic E-state index is 11.4. The number of thiazole rings is 1. The van der Waals surface area contributed by atoms with E-state index in [0.717, 1.165) is 32.1 Å². The predicted octanol–water partition coefficient (Wildman–Crippen LogP) is 5.89. The van der Waals surface area contributed by atoms with E-state index in [1.165, 1.54) is 11.3 Å². The third-order valence-corrected chi connectivity index (χ3v) is 5.47. The Kier molecular flexibility index (Phi) is 5.68. The molecule has 1 N–H and O–H groups in total. The van der Waals surface area contributed by atoms with Crippen LogP contribution in [0.3, 0.4) is 0 Å². The molecule has 0 amide bonds. The molecule has 0 radical (unpaired) electrons. The fourth-order valence-corrected chi connectivity index (χ4v) is 3.98. The lowest BCUT2D eigenvalue weighted by Crippen LogP contribution is -1.97. The van der Waals surface area contributed by atoms with E-state index >= 15 is 0 Å². The van der Waals surface area contributed by atoms with E-state index < -0.39 is 5.97 Å². The van der Waals surface area contributed by atoms with Gasteiger partial charge < -0.3 is 9.84 Å². The van der Waals surface area contributed by atoms with Gasteiger partial charge in [0.1, 0.15) is 17.4 Å². The Labute approximate surface area is 172 Å². The minimum absolute atomic E-state index is 0.0884. The minimum atomic E-state index is -0.882. The Hall–Kier alpha value is -3.44. The number of aromatic nitrogens is 1. The first-order valence-electron chi connectivity index (χ1n) is 9.22. The molecule has 144 valence electrons. The summed E-state index contributed by atoms with van der Waals surface area (Å²) in [6, 6.07) is 25.4. The highest BCUT2D eigenvalue weighted by Crippen LogP contribution is 2.30. The number of hydrogen-bond donors (Lipinski definition) is 1. The van der Waals surface area contributed by atoms with Gasteiger partial charge in [0.25, 0.3) is 0 Å². The van der Waals surface area contributed by atoms with Crippen LogP contribution in [0, 0.1) is 0 Å². The SMILES string of the molecule is O=C(O)CC(=Cc1cccc(OCc2ccccc2)c1)c1nc2ccccc2s1. The second-order valence-corrected chi connectivity index (χ2v) is 7.60. The highest BCUT2D eigenvalue weighted by atomic mass is 32.1. The van der Waals surface area contributed by atoms with Crippen LogP contribution >= 0.6 is 11.3 Å². The van der Waals surface area contributed by atoms with E-state index in [2.05, 4.69) is 4.98 Å². The summed E-state index contributed by atoms with van der Waals surface area (Å²) in [5.74, 6) is -0.145. The maximum Gasteiger partial charge on any atom is 0.307 e. The van der Waals surface area contributed by atoms with Crippen molar-refractivity contribution in [1.82, 2.24) is 4.98 Å². The molecule has 0 saturated carbocycles. The van der Waals surface area contributed by atoms with Crippen molar-refractivity contribution < 1.29 is 14.6 Å².